The molecule has 118 valence electrons. The number of rotatable bonds is 7. The monoisotopic (exact) mass is 319 g/mol. The lowest BCUT2D eigenvalue weighted by molar-refractivity contribution is -0.120. The van der Waals surface area contributed by atoms with Crippen LogP contribution in [0.5, 0.6) is 5.75 Å². The SMILES string of the molecule is CCOc1ccccc1NC(=O)C(C)N(C)Cc1cscn1. The molecule has 0 aliphatic rings. The molecule has 22 heavy (non-hydrogen) atoms. The Balaban J connectivity index is 1.99. The minimum Gasteiger partial charge on any atom is -0.492 e. The average molecular weight is 319 g/mol. The first kappa shape index (κ1) is 16.5. The summed E-state index contributed by atoms with van der Waals surface area (Å²) in [6, 6.07) is 7.19. The van der Waals surface area contributed by atoms with E-state index in [1.165, 1.54) is 0 Å². The molecule has 6 heteroatoms. The van der Waals surface area contributed by atoms with Crippen LogP contribution in [0.1, 0.15) is 19.5 Å². The van der Waals surface area contributed by atoms with E-state index in [1.54, 1.807) is 16.8 Å². The van der Waals surface area contributed by atoms with Crippen LogP contribution < -0.4 is 10.1 Å². The molecule has 2 rings (SSSR count). The minimum atomic E-state index is -0.267. The Kier molecular flexibility index (Phi) is 5.91. The summed E-state index contributed by atoms with van der Waals surface area (Å²) in [6.07, 6.45) is 0. The van der Waals surface area contributed by atoms with Gasteiger partial charge in [-0.15, -0.1) is 11.3 Å². The summed E-state index contributed by atoms with van der Waals surface area (Å²) in [5.41, 5.74) is 3.47. The van der Waals surface area contributed by atoms with Crippen molar-refractivity contribution in [2.24, 2.45) is 0 Å². The molecule has 1 atom stereocenters. The number of likely N-dealkylation sites (N-methyl/N-ethyl adjacent to an activating group) is 1. The first-order chi connectivity index (χ1) is 10.6. The maximum atomic E-state index is 12.4. The third-order valence-electron chi connectivity index (χ3n) is 3.38. The molecule has 1 aromatic carbocycles. The first-order valence-electron chi connectivity index (χ1n) is 7.21. The van der Waals surface area contributed by atoms with Gasteiger partial charge in [0.15, 0.2) is 0 Å². The second-order valence-electron chi connectivity index (χ2n) is 4.99. The maximum absolute atomic E-state index is 12.4. The van der Waals surface area contributed by atoms with Crippen molar-refractivity contribution < 1.29 is 9.53 Å². The van der Waals surface area contributed by atoms with Crippen LogP contribution in [0.3, 0.4) is 0 Å². The van der Waals surface area contributed by atoms with E-state index in [-0.39, 0.29) is 11.9 Å². The second-order valence-corrected chi connectivity index (χ2v) is 5.71. The van der Waals surface area contributed by atoms with Crippen molar-refractivity contribution in [3.8, 4) is 5.75 Å². The molecule has 0 saturated heterocycles. The number of carbonyl (C=O) groups is 1. The molecule has 1 N–H and O–H groups in total. The number of carbonyl (C=O) groups excluding carboxylic acids is 1. The normalized spacial score (nSPS) is 12.2. The fourth-order valence-electron chi connectivity index (χ4n) is 2.00. The summed E-state index contributed by atoms with van der Waals surface area (Å²) < 4.78 is 5.53. The molecule has 0 saturated carbocycles. The molecule has 0 spiro atoms. The van der Waals surface area contributed by atoms with Crippen molar-refractivity contribution in [2.75, 3.05) is 19.0 Å². The highest BCUT2D eigenvalue weighted by atomic mass is 32.1. The molecular formula is C16H21N3O2S. The van der Waals surface area contributed by atoms with E-state index in [2.05, 4.69) is 10.3 Å². The highest BCUT2D eigenvalue weighted by Gasteiger charge is 2.19. The second kappa shape index (κ2) is 7.91. The van der Waals surface area contributed by atoms with Crippen molar-refractivity contribution in [3.63, 3.8) is 0 Å². The smallest absolute Gasteiger partial charge is 0.241 e. The number of hydrogen-bond acceptors (Lipinski definition) is 5. The number of nitrogens with one attached hydrogen (secondary N) is 1. The Bertz CT molecular complexity index is 601. The van der Waals surface area contributed by atoms with Crippen LogP contribution >= 0.6 is 11.3 Å². The number of nitrogens with zero attached hydrogens (tertiary/aromatic N) is 2. The molecular weight excluding hydrogens is 298 g/mol. The highest BCUT2D eigenvalue weighted by molar-refractivity contribution is 7.07. The van der Waals surface area contributed by atoms with E-state index in [4.69, 9.17) is 4.74 Å². The van der Waals surface area contributed by atoms with Crippen molar-refractivity contribution in [1.29, 1.82) is 0 Å². The summed E-state index contributed by atoms with van der Waals surface area (Å²) in [5.74, 6) is 0.623. The molecule has 0 fully saturated rings. The van der Waals surface area contributed by atoms with E-state index in [9.17, 15) is 4.79 Å². The standard InChI is InChI=1S/C16H21N3O2S/c1-4-21-15-8-6-5-7-14(15)18-16(20)12(2)19(3)9-13-10-22-11-17-13/h5-8,10-12H,4,9H2,1-3H3,(H,18,20). The lowest BCUT2D eigenvalue weighted by Crippen LogP contribution is -2.39. The number of amides is 1. The number of anilines is 1. The Morgan fingerprint density at radius 3 is 2.91 bits per heavy atom. The molecule has 0 aliphatic heterocycles. The molecule has 0 aliphatic carbocycles. The number of thiazole rings is 1. The van der Waals surface area contributed by atoms with E-state index in [0.29, 0.717) is 24.6 Å². The topological polar surface area (TPSA) is 54.5 Å². The van der Waals surface area contributed by atoms with Crippen molar-refractivity contribution in [2.45, 2.75) is 26.4 Å². The summed E-state index contributed by atoms with van der Waals surface area (Å²) in [7, 11) is 1.91. The molecule has 0 radical (unpaired) electrons. The van der Waals surface area contributed by atoms with E-state index in [1.807, 2.05) is 55.4 Å². The van der Waals surface area contributed by atoms with Crippen LogP contribution in [0.15, 0.2) is 35.2 Å². The van der Waals surface area contributed by atoms with Gasteiger partial charge in [-0.05, 0) is 33.0 Å². The van der Waals surface area contributed by atoms with Crippen molar-refractivity contribution in [3.05, 3.63) is 40.8 Å². The van der Waals surface area contributed by atoms with Crippen LogP contribution in [0, 0.1) is 0 Å². The van der Waals surface area contributed by atoms with Gasteiger partial charge in [-0.2, -0.15) is 0 Å². The summed E-state index contributed by atoms with van der Waals surface area (Å²) >= 11 is 1.56. The van der Waals surface area contributed by atoms with Gasteiger partial charge < -0.3 is 10.1 Å². The maximum Gasteiger partial charge on any atom is 0.241 e. The third-order valence-corrected chi connectivity index (χ3v) is 4.02. The van der Waals surface area contributed by atoms with Gasteiger partial charge in [0.2, 0.25) is 5.91 Å². The third kappa shape index (κ3) is 4.29. The molecule has 1 amide bonds. The number of hydrogen-bond donors (Lipinski definition) is 1. The molecule has 5 nitrogen and oxygen atoms in total. The number of ether oxygens (including phenoxy) is 1. The van der Waals surface area contributed by atoms with Gasteiger partial charge in [-0.25, -0.2) is 4.98 Å². The van der Waals surface area contributed by atoms with Crippen LogP contribution in [0.2, 0.25) is 0 Å². The zero-order valence-corrected chi connectivity index (χ0v) is 13.9. The lowest BCUT2D eigenvalue weighted by Gasteiger charge is -2.23. The summed E-state index contributed by atoms with van der Waals surface area (Å²) in [6.45, 7) is 5.01. The predicted octanol–water partition coefficient (Wildman–Crippen LogP) is 3.00. The molecule has 1 heterocycles. The van der Waals surface area contributed by atoms with Crippen LogP contribution in [-0.2, 0) is 11.3 Å². The van der Waals surface area contributed by atoms with Gasteiger partial charge >= 0.3 is 0 Å². The Labute approximate surface area is 134 Å². The van der Waals surface area contributed by atoms with Crippen LogP contribution in [0.4, 0.5) is 5.69 Å². The van der Waals surface area contributed by atoms with E-state index >= 15 is 0 Å². The fraction of sp³-hybridized carbons (Fsp3) is 0.375. The quantitative estimate of drug-likeness (QED) is 0.852. The number of aromatic nitrogens is 1. The average Bonchev–Trinajstić information content (AvgIpc) is 3.01. The zero-order chi connectivity index (χ0) is 15.9. The van der Waals surface area contributed by atoms with Gasteiger partial charge in [0.05, 0.1) is 29.5 Å². The first-order valence-corrected chi connectivity index (χ1v) is 8.16. The van der Waals surface area contributed by atoms with Crippen molar-refractivity contribution >= 4 is 22.9 Å². The molecule has 1 aromatic heterocycles. The van der Waals surface area contributed by atoms with Gasteiger partial charge in [0.25, 0.3) is 0 Å². The Morgan fingerprint density at radius 2 is 2.23 bits per heavy atom. The molecule has 0 bridgehead atoms. The van der Waals surface area contributed by atoms with Gasteiger partial charge in [0.1, 0.15) is 5.75 Å². The molecule has 2 aromatic rings. The largest absolute Gasteiger partial charge is 0.492 e. The van der Waals surface area contributed by atoms with Gasteiger partial charge in [0, 0.05) is 11.9 Å². The van der Waals surface area contributed by atoms with E-state index in [0.717, 1.165) is 5.69 Å². The fourth-order valence-corrected chi connectivity index (χ4v) is 2.55. The van der Waals surface area contributed by atoms with Crippen LogP contribution in [0.25, 0.3) is 0 Å². The number of benzene rings is 1. The predicted molar refractivity (Wildman–Crippen MR) is 89.3 cm³/mol. The highest BCUT2D eigenvalue weighted by Crippen LogP contribution is 2.24. The molecule has 1 unspecified atom stereocenters. The van der Waals surface area contributed by atoms with E-state index < -0.39 is 0 Å². The Hall–Kier alpha value is -1.92. The minimum absolute atomic E-state index is 0.0649. The summed E-state index contributed by atoms with van der Waals surface area (Å²) in [4.78, 5) is 18.6. The summed E-state index contributed by atoms with van der Waals surface area (Å²) in [5, 5.41) is 4.92. The van der Waals surface area contributed by atoms with Gasteiger partial charge in [-0.3, -0.25) is 9.69 Å². The zero-order valence-electron chi connectivity index (χ0n) is 13.1. The van der Waals surface area contributed by atoms with Gasteiger partial charge in [-0.1, -0.05) is 12.1 Å². The lowest BCUT2D eigenvalue weighted by atomic mass is 10.2. The van der Waals surface area contributed by atoms with Crippen LogP contribution in [-0.4, -0.2) is 35.5 Å². The number of para-hydroxylation sites is 2. The van der Waals surface area contributed by atoms with Crippen molar-refractivity contribution in [1.82, 2.24) is 9.88 Å². The Morgan fingerprint density at radius 1 is 1.45 bits per heavy atom.